The minimum absolute atomic E-state index is 0.358. The Morgan fingerprint density at radius 2 is 1.90 bits per heavy atom. The molecular weight excluding hydrogens is 448 g/mol. The second-order valence-corrected chi connectivity index (χ2v) is 9.35. The molecule has 0 fully saturated rings. The lowest BCUT2D eigenvalue weighted by atomic mass is 10.2. The Bertz CT molecular complexity index is 1170. The molecule has 0 spiro atoms. The predicted molar refractivity (Wildman–Crippen MR) is 128 cm³/mol. The van der Waals surface area contributed by atoms with E-state index >= 15 is 0 Å². The molecule has 0 saturated carbocycles. The molecule has 4 aromatic rings. The highest BCUT2D eigenvalue weighted by atomic mass is 35.5. The third kappa shape index (κ3) is 5.29. The first-order valence-corrected chi connectivity index (χ1v) is 12.2. The van der Waals surface area contributed by atoms with Gasteiger partial charge in [0.2, 0.25) is 0 Å². The quantitative estimate of drug-likeness (QED) is 0.273. The second kappa shape index (κ2) is 9.85. The minimum atomic E-state index is 0.358. The molecule has 0 aliphatic carbocycles. The monoisotopic (exact) mass is 470 g/mol. The van der Waals surface area contributed by atoms with E-state index in [0.717, 1.165) is 55.9 Å². The molecule has 0 atom stereocenters. The Morgan fingerprint density at radius 1 is 1.10 bits per heavy atom. The average molecular weight is 471 g/mol. The molecule has 2 heterocycles. The van der Waals surface area contributed by atoms with Gasteiger partial charge in [-0.3, -0.25) is 0 Å². The maximum atomic E-state index is 6.09. The second-order valence-electron chi connectivity index (χ2n) is 7.14. The van der Waals surface area contributed by atoms with E-state index in [1.54, 1.807) is 23.1 Å². The molecule has 2 aromatic carbocycles. The topological polar surface area (TPSA) is 52.8 Å². The number of aryl methyl sites for hydroxylation is 2. The van der Waals surface area contributed by atoms with E-state index in [-0.39, 0.29) is 0 Å². The van der Waals surface area contributed by atoms with Gasteiger partial charge in [0, 0.05) is 28.3 Å². The van der Waals surface area contributed by atoms with Gasteiger partial charge in [0.15, 0.2) is 11.0 Å². The molecule has 5 nitrogen and oxygen atoms in total. The van der Waals surface area contributed by atoms with Crippen molar-refractivity contribution in [2.75, 3.05) is 0 Å². The summed E-state index contributed by atoms with van der Waals surface area (Å²) in [7, 11) is 0. The largest absolute Gasteiger partial charge is 0.486 e. The first-order chi connectivity index (χ1) is 15.0. The van der Waals surface area contributed by atoms with Crippen LogP contribution in [0, 0.1) is 13.8 Å². The summed E-state index contributed by atoms with van der Waals surface area (Å²) in [5.41, 5.74) is 4.44. The third-order valence-corrected chi connectivity index (χ3v) is 7.17. The van der Waals surface area contributed by atoms with Crippen molar-refractivity contribution in [2.45, 2.75) is 44.8 Å². The van der Waals surface area contributed by atoms with Crippen LogP contribution in [-0.2, 0) is 18.9 Å². The van der Waals surface area contributed by atoms with Gasteiger partial charge in [-0.1, -0.05) is 53.2 Å². The van der Waals surface area contributed by atoms with E-state index in [4.69, 9.17) is 21.3 Å². The standard InChI is InChI=1S/C23H23ClN4OS2/c1-4-28-21(12-29-19-9-10-20(24)16(3)11-19)26-27-23(28)31-14-18-13-30-22(25-18)17-7-5-15(2)6-8-17/h5-11,13H,4,12,14H2,1-3H3. The molecule has 0 aliphatic rings. The summed E-state index contributed by atoms with van der Waals surface area (Å²) in [4.78, 5) is 4.78. The molecule has 0 unspecified atom stereocenters. The molecule has 8 heteroatoms. The van der Waals surface area contributed by atoms with Crippen LogP contribution in [0.2, 0.25) is 5.02 Å². The number of thioether (sulfide) groups is 1. The highest BCUT2D eigenvalue weighted by Gasteiger charge is 2.14. The summed E-state index contributed by atoms with van der Waals surface area (Å²) in [5, 5.41) is 13.5. The molecule has 4 rings (SSSR count). The van der Waals surface area contributed by atoms with Crippen LogP contribution in [-0.4, -0.2) is 19.7 Å². The molecule has 0 aliphatic heterocycles. The minimum Gasteiger partial charge on any atom is -0.486 e. The zero-order valence-corrected chi connectivity index (χ0v) is 20.0. The summed E-state index contributed by atoms with van der Waals surface area (Å²) in [6.07, 6.45) is 0. The Morgan fingerprint density at radius 3 is 2.65 bits per heavy atom. The van der Waals surface area contributed by atoms with Gasteiger partial charge in [0.25, 0.3) is 0 Å². The molecule has 0 bridgehead atoms. The maximum absolute atomic E-state index is 6.09. The Balaban J connectivity index is 1.39. The highest BCUT2D eigenvalue weighted by Crippen LogP contribution is 2.28. The van der Waals surface area contributed by atoms with Gasteiger partial charge in [-0.25, -0.2) is 4.98 Å². The van der Waals surface area contributed by atoms with Crippen LogP contribution in [0.3, 0.4) is 0 Å². The zero-order chi connectivity index (χ0) is 21.8. The van der Waals surface area contributed by atoms with Gasteiger partial charge >= 0.3 is 0 Å². The number of thiazole rings is 1. The summed E-state index contributed by atoms with van der Waals surface area (Å²) in [6.45, 7) is 7.27. The highest BCUT2D eigenvalue weighted by molar-refractivity contribution is 7.98. The van der Waals surface area contributed by atoms with Gasteiger partial charge in [0.05, 0.1) is 5.69 Å². The number of ether oxygens (including phenoxy) is 1. The Labute approximate surface area is 195 Å². The van der Waals surface area contributed by atoms with Gasteiger partial charge < -0.3 is 9.30 Å². The van der Waals surface area contributed by atoms with E-state index in [2.05, 4.69) is 58.3 Å². The number of nitrogens with zero attached hydrogens (tertiary/aromatic N) is 4. The maximum Gasteiger partial charge on any atom is 0.191 e. The lowest BCUT2D eigenvalue weighted by Gasteiger charge is -2.09. The van der Waals surface area contributed by atoms with Crippen LogP contribution in [0.1, 0.15) is 29.6 Å². The van der Waals surface area contributed by atoms with Crippen molar-refractivity contribution in [2.24, 2.45) is 0 Å². The van der Waals surface area contributed by atoms with Gasteiger partial charge in [-0.05, 0) is 44.5 Å². The SMILES string of the molecule is CCn1c(COc2ccc(Cl)c(C)c2)nnc1SCc1csc(-c2ccc(C)cc2)n1. The van der Waals surface area contributed by atoms with E-state index < -0.39 is 0 Å². The van der Waals surface area contributed by atoms with Gasteiger partial charge in [-0.2, -0.15) is 0 Å². The summed E-state index contributed by atoms with van der Waals surface area (Å²) in [6, 6.07) is 14.1. The molecule has 2 aromatic heterocycles. The van der Waals surface area contributed by atoms with E-state index in [1.165, 1.54) is 5.56 Å². The van der Waals surface area contributed by atoms with Crippen LogP contribution >= 0.6 is 34.7 Å². The zero-order valence-electron chi connectivity index (χ0n) is 17.6. The summed E-state index contributed by atoms with van der Waals surface area (Å²) >= 11 is 9.40. The fourth-order valence-corrected chi connectivity index (χ4v) is 5.01. The van der Waals surface area contributed by atoms with Crippen molar-refractivity contribution in [1.82, 2.24) is 19.7 Å². The van der Waals surface area contributed by atoms with Crippen LogP contribution in [0.4, 0.5) is 0 Å². The van der Waals surface area contributed by atoms with Gasteiger partial charge in [-0.15, -0.1) is 21.5 Å². The van der Waals surface area contributed by atoms with E-state index in [0.29, 0.717) is 6.61 Å². The fraction of sp³-hybridized carbons (Fsp3) is 0.261. The van der Waals surface area contributed by atoms with Crippen LogP contribution in [0.15, 0.2) is 53.0 Å². The summed E-state index contributed by atoms with van der Waals surface area (Å²) < 4.78 is 7.99. The first kappa shape index (κ1) is 21.9. The van der Waals surface area contributed by atoms with Crippen molar-refractivity contribution in [1.29, 1.82) is 0 Å². The number of halogens is 1. The van der Waals surface area contributed by atoms with E-state index in [9.17, 15) is 0 Å². The summed E-state index contributed by atoms with van der Waals surface area (Å²) in [5.74, 6) is 2.32. The third-order valence-electron chi connectivity index (χ3n) is 4.81. The van der Waals surface area contributed by atoms with Crippen molar-refractivity contribution in [3.63, 3.8) is 0 Å². The van der Waals surface area contributed by atoms with Crippen LogP contribution < -0.4 is 4.74 Å². The van der Waals surface area contributed by atoms with Crippen LogP contribution in [0.5, 0.6) is 5.75 Å². The Hall–Kier alpha value is -2.35. The normalized spacial score (nSPS) is 11.1. The lowest BCUT2D eigenvalue weighted by molar-refractivity contribution is 0.288. The smallest absolute Gasteiger partial charge is 0.191 e. The molecule has 0 radical (unpaired) electrons. The van der Waals surface area contributed by atoms with E-state index in [1.807, 2.05) is 25.1 Å². The number of hydrogen-bond donors (Lipinski definition) is 0. The molecule has 31 heavy (non-hydrogen) atoms. The first-order valence-electron chi connectivity index (χ1n) is 9.98. The van der Waals surface area contributed by atoms with Crippen LogP contribution in [0.25, 0.3) is 10.6 Å². The van der Waals surface area contributed by atoms with Crippen molar-refractivity contribution >= 4 is 34.7 Å². The number of hydrogen-bond acceptors (Lipinski definition) is 6. The predicted octanol–water partition coefficient (Wildman–Crippen LogP) is 6.56. The molecular formula is C23H23ClN4OS2. The number of rotatable bonds is 8. The molecule has 0 N–H and O–H groups in total. The van der Waals surface area contributed by atoms with Gasteiger partial charge in [0.1, 0.15) is 17.4 Å². The number of benzene rings is 2. The average Bonchev–Trinajstić information content (AvgIpc) is 3.40. The fourth-order valence-electron chi connectivity index (χ4n) is 3.05. The Kier molecular flexibility index (Phi) is 6.95. The van der Waals surface area contributed by atoms with Crippen molar-refractivity contribution in [3.8, 4) is 16.3 Å². The molecule has 0 amide bonds. The number of aromatic nitrogens is 4. The molecule has 160 valence electrons. The lowest BCUT2D eigenvalue weighted by Crippen LogP contribution is -2.07. The molecule has 0 saturated heterocycles. The van der Waals surface area contributed by atoms with Crippen molar-refractivity contribution in [3.05, 3.63) is 75.5 Å². The van der Waals surface area contributed by atoms with Crippen molar-refractivity contribution < 1.29 is 4.74 Å².